The van der Waals surface area contributed by atoms with Crippen LogP contribution in [-0.2, 0) is 0 Å². The van der Waals surface area contributed by atoms with Gasteiger partial charge in [-0.15, -0.1) is 0 Å². The Morgan fingerprint density at radius 2 is 1.88 bits per heavy atom. The summed E-state index contributed by atoms with van der Waals surface area (Å²) in [6.45, 7) is 3.72. The molecule has 0 aliphatic carbocycles. The summed E-state index contributed by atoms with van der Waals surface area (Å²) in [5.41, 5.74) is 10.2. The van der Waals surface area contributed by atoms with Gasteiger partial charge in [-0.3, -0.25) is 9.78 Å². The van der Waals surface area contributed by atoms with E-state index >= 15 is 0 Å². The molecule has 1 aromatic carbocycles. The number of carbonyl (C=O) groups excluding carboxylic acids is 1. The van der Waals surface area contributed by atoms with Crippen molar-refractivity contribution in [2.24, 2.45) is 0 Å². The van der Waals surface area contributed by atoms with Crippen LogP contribution in [0, 0.1) is 31.5 Å². The second-order valence-corrected chi connectivity index (χ2v) is 7.16. The third-order valence-corrected chi connectivity index (χ3v) is 4.89. The third kappa shape index (κ3) is 4.55. The SMILES string of the molecule is COc1ccc(NC(=O)c2cncc(C#Cc3c(N)ncc4nc(C)c(C)nc34)c2)cc1F. The van der Waals surface area contributed by atoms with Crippen LogP contribution in [0.5, 0.6) is 5.75 Å². The van der Waals surface area contributed by atoms with Crippen LogP contribution in [0.3, 0.4) is 0 Å². The number of methoxy groups -OCH3 is 1. The van der Waals surface area contributed by atoms with Gasteiger partial charge in [0.15, 0.2) is 11.6 Å². The normalized spacial score (nSPS) is 10.4. The van der Waals surface area contributed by atoms with Gasteiger partial charge in [-0.2, -0.15) is 0 Å². The standard InChI is InChI=1S/C24H19FN6O2/c1-13-14(2)30-22-18(23(26)28-12-20(22)29-13)6-4-15-8-16(11-27-10-15)24(32)31-17-5-7-21(33-3)19(25)9-17/h5,7-12H,1-3H3,(H2,26,28)(H,31,32). The fourth-order valence-electron chi connectivity index (χ4n) is 3.05. The maximum absolute atomic E-state index is 13.9. The minimum absolute atomic E-state index is 0.0872. The number of amides is 1. The van der Waals surface area contributed by atoms with Crippen LogP contribution in [0.2, 0.25) is 0 Å². The number of aryl methyl sites for hydroxylation is 2. The molecule has 0 saturated carbocycles. The molecule has 3 N–H and O–H groups in total. The van der Waals surface area contributed by atoms with E-state index < -0.39 is 11.7 Å². The number of nitrogen functional groups attached to an aromatic ring is 1. The smallest absolute Gasteiger partial charge is 0.257 e. The first-order chi connectivity index (χ1) is 15.9. The van der Waals surface area contributed by atoms with Crippen molar-refractivity contribution in [3.05, 3.63) is 76.8 Å². The van der Waals surface area contributed by atoms with E-state index in [0.717, 1.165) is 11.4 Å². The van der Waals surface area contributed by atoms with Gasteiger partial charge in [0.1, 0.15) is 16.9 Å². The first-order valence-electron chi connectivity index (χ1n) is 9.87. The van der Waals surface area contributed by atoms with E-state index in [0.29, 0.717) is 22.2 Å². The van der Waals surface area contributed by atoms with Crippen LogP contribution in [0.4, 0.5) is 15.9 Å². The van der Waals surface area contributed by atoms with Gasteiger partial charge < -0.3 is 15.8 Å². The quantitative estimate of drug-likeness (QED) is 0.467. The molecule has 0 radical (unpaired) electrons. The summed E-state index contributed by atoms with van der Waals surface area (Å²) in [4.78, 5) is 29.9. The van der Waals surface area contributed by atoms with Crippen molar-refractivity contribution in [2.45, 2.75) is 13.8 Å². The molecule has 0 aliphatic heterocycles. The molecule has 9 heteroatoms. The Balaban J connectivity index is 1.63. The average Bonchev–Trinajstić information content (AvgIpc) is 2.80. The molecule has 0 saturated heterocycles. The molecular formula is C24H19FN6O2. The van der Waals surface area contributed by atoms with Crippen molar-refractivity contribution in [3.8, 4) is 17.6 Å². The van der Waals surface area contributed by atoms with Crippen LogP contribution < -0.4 is 15.8 Å². The lowest BCUT2D eigenvalue weighted by Crippen LogP contribution is -2.12. The molecule has 0 aliphatic rings. The van der Waals surface area contributed by atoms with Crippen molar-refractivity contribution in [3.63, 3.8) is 0 Å². The van der Waals surface area contributed by atoms with Crippen molar-refractivity contribution in [2.75, 3.05) is 18.2 Å². The molecule has 1 amide bonds. The van der Waals surface area contributed by atoms with E-state index in [2.05, 4.69) is 37.1 Å². The Hall–Kier alpha value is -4.58. The van der Waals surface area contributed by atoms with Gasteiger partial charge in [-0.05, 0) is 32.0 Å². The molecule has 0 bridgehead atoms. The minimum atomic E-state index is -0.581. The topological polar surface area (TPSA) is 116 Å². The van der Waals surface area contributed by atoms with Crippen LogP contribution in [0.25, 0.3) is 11.0 Å². The highest BCUT2D eigenvalue weighted by Gasteiger charge is 2.11. The number of nitrogens with two attached hydrogens (primary N) is 1. The molecule has 0 fully saturated rings. The lowest BCUT2D eigenvalue weighted by atomic mass is 10.1. The molecule has 0 unspecified atom stereocenters. The van der Waals surface area contributed by atoms with E-state index in [1.165, 1.54) is 37.7 Å². The zero-order chi connectivity index (χ0) is 23.5. The van der Waals surface area contributed by atoms with Gasteiger partial charge >= 0.3 is 0 Å². The molecule has 0 atom stereocenters. The summed E-state index contributed by atoms with van der Waals surface area (Å²) in [5, 5.41) is 2.63. The number of halogens is 1. The van der Waals surface area contributed by atoms with Crippen LogP contribution in [-0.4, -0.2) is 33.0 Å². The van der Waals surface area contributed by atoms with E-state index in [1.54, 1.807) is 12.3 Å². The van der Waals surface area contributed by atoms with Crippen molar-refractivity contribution in [1.82, 2.24) is 19.9 Å². The van der Waals surface area contributed by atoms with Crippen LogP contribution in [0.1, 0.15) is 32.9 Å². The van der Waals surface area contributed by atoms with Gasteiger partial charge in [-0.1, -0.05) is 11.8 Å². The predicted octanol–water partition coefficient (Wildman–Crippen LogP) is 3.42. The summed E-state index contributed by atoms with van der Waals surface area (Å²) >= 11 is 0. The number of carbonyl (C=O) groups is 1. The number of aromatic nitrogens is 4. The fraction of sp³-hybridized carbons (Fsp3) is 0.125. The molecule has 3 aromatic heterocycles. The van der Waals surface area contributed by atoms with Crippen LogP contribution >= 0.6 is 0 Å². The molecule has 3 heterocycles. The van der Waals surface area contributed by atoms with Gasteiger partial charge in [0.25, 0.3) is 5.91 Å². The maximum Gasteiger partial charge on any atom is 0.257 e. The van der Waals surface area contributed by atoms with Crippen molar-refractivity contribution in [1.29, 1.82) is 0 Å². The minimum Gasteiger partial charge on any atom is -0.494 e. The summed E-state index contributed by atoms with van der Waals surface area (Å²) in [7, 11) is 1.37. The highest BCUT2D eigenvalue weighted by molar-refractivity contribution is 6.04. The number of ether oxygens (including phenoxy) is 1. The zero-order valence-electron chi connectivity index (χ0n) is 18.1. The molecule has 4 rings (SSSR count). The monoisotopic (exact) mass is 442 g/mol. The second-order valence-electron chi connectivity index (χ2n) is 7.16. The number of pyridine rings is 2. The highest BCUT2D eigenvalue weighted by Crippen LogP contribution is 2.22. The number of anilines is 2. The lowest BCUT2D eigenvalue weighted by Gasteiger charge is -2.07. The summed E-state index contributed by atoms with van der Waals surface area (Å²) in [6.07, 6.45) is 4.47. The average molecular weight is 442 g/mol. The van der Waals surface area contributed by atoms with Crippen molar-refractivity contribution < 1.29 is 13.9 Å². The number of nitrogens with one attached hydrogen (secondary N) is 1. The number of rotatable bonds is 3. The summed E-state index contributed by atoms with van der Waals surface area (Å²) in [6, 6.07) is 5.72. The number of hydrogen-bond acceptors (Lipinski definition) is 7. The molecule has 164 valence electrons. The summed E-state index contributed by atoms with van der Waals surface area (Å²) < 4.78 is 18.8. The number of hydrogen-bond donors (Lipinski definition) is 2. The predicted molar refractivity (Wildman–Crippen MR) is 122 cm³/mol. The van der Waals surface area contributed by atoms with E-state index in [9.17, 15) is 9.18 Å². The third-order valence-electron chi connectivity index (χ3n) is 4.89. The van der Waals surface area contributed by atoms with Gasteiger partial charge in [0, 0.05) is 29.7 Å². The largest absolute Gasteiger partial charge is 0.494 e. The van der Waals surface area contributed by atoms with E-state index in [1.807, 2.05) is 13.8 Å². The molecule has 33 heavy (non-hydrogen) atoms. The lowest BCUT2D eigenvalue weighted by molar-refractivity contribution is 0.102. The highest BCUT2D eigenvalue weighted by atomic mass is 19.1. The van der Waals surface area contributed by atoms with Crippen molar-refractivity contribution >= 4 is 28.4 Å². The van der Waals surface area contributed by atoms with E-state index in [4.69, 9.17) is 10.5 Å². The molecular weight excluding hydrogens is 423 g/mol. The maximum atomic E-state index is 13.9. The number of benzene rings is 1. The molecule has 0 spiro atoms. The Morgan fingerprint density at radius 1 is 1.09 bits per heavy atom. The van der Waals surface area contributed by atoms with Gasteiger partial charge in [0.2, 0.25) is 0 Å². The van der Waals surface area contributed by atoms with Crippen LogP contribution in [0.15, 0.2) is 42.9 Å². The Bertz CT molecular complexity index is 1460. The number of fused-ring (bicyclic) bond motifs is 1. The second kappa shape index (κ2) is 8.88. The number of nitrogens with zero attached hydrogens (tertiary/aromatic N) is 4. The van der Waals surface area contributed by atoms with Gasteiger partial charge in [0.05, 0.1) is 35.8 Å². The molecule has 8 nitrogen and oxygen atoms in total. The Labute approximate surface area is 189 Å². The van der Waals surface area contributed by atoms with Gasteiger partial charge in [-0.25, -0.2) is 19.3 Å². The fourth-order valence-corrected chi connectivity index (χ4v) is 3.05. The summed E-state index contributed by atoms with van der Waals surface area (Å²) in [5.74, 6) is 5.21. The first-order valence-corrected chi connectivity index (χ1v) is 9.87. The zero-order valence-corrected chi connectivity index (χ0v) is 18.1. The first kappa shape index (κ1) is 21.6. The Morgan fingerprint density at radius 3 is 2.64 bits per heavy atom. The van der Waals surface area contributed by atoms with E-state index in [-0.39, 0.29) is 22.8 Å². The Kier molecular flexibility index (Phi) is 5.83. The molecule has 4 aromatic rings.